The number of benzene rings is 1. The van der Waals surface area contributed by atoms with Crippen LogP contribution in [0.15, 0.2) is 58.9 Å². The van der Waals surface area contributed by atoms with Gasteiger partial charge in [-0.25, -0.2) is 0 Å². The molecule has 1 saturated heterocycles. The Labute approximate surface area is 227 Å². The van der Waals surface area contributed by atoms with Crippen LogP contribution in [0.2, 0.25) is 0 Å². The van der Waals surface area contributed by atoms with E-state index in [1.807, 2.05) is 36.0 Å². The first-order valence-corrected chi connectivity index (χ1v) is 15.2. The molecule has 0 spiro atoms. The van der Waals surface area contributed by atoms with Crippen LogP contribution in [0.4, 0.5) is 5.69 Å². The summed E-state index contributed by atoms with van der Waals surface area (Å²) in [5, 5.41) is 7.91. The zero-order valence-corrected chi connectivity index (χ0v) is 23.9. The number of hydrogen-bond donors (Lipinski definition) is 0. The number of aromatic nitrogens is 1. The van der Waals surface area contributed by atoms with Gasteiger partial charge in [0.25, 0.3) is 0 Å². The molecule has 2 fully saturated rings. The van der Waals surface area contributed by atoms with E-state index >= 15 is 0 Å². The highest BCUT2D eigenvalue weighted by Gasteiger charge is 2.30. The normalized spacial score (nSPS) is 17.0. The lowest BCUT2D eigenvalue weighted by Gasteiger charge is -2.41. The molecule has 0 atom stereocenters. The van der Waals surface area contributed by atoms with Crippen LogP contribution in [0.25, 0.3) is 6.08 Å². The van der Waals surface area contributed by atoms with E-state index in [-0.39, 0.29) is 0 Å². The molecule has 1 aliphatic carbocycles. The largest absolute Gasteiger partial charge is 0.334 e. The molecule has 0 bridgehead atoms. The lowest BCUT2D eigenvalue weighted by atomic mass is 9.89. The maximum atomic E-state index is 7.32. The smallest absolute Gasteiger partial charge is 0.0671 e. The summed E-state index contributed by atoms with van der Waals surface area (Å²) in [5.74, 6) is 0. The summed E-state index contributed by atoms with van der Waals surface area (Å²) in [6.07, 6.45) is 15.1. The summed E-state index contributed by atoms with van der Waals surface area (Å²) in [6.45, 7) is 8.54. The zero-order valence-electron chi connectivity index (χ0n) is 22.2. The van der Waals surface area contributed by atoms with E-state index in [0.717, 1.165) is 12.1 Å². The predicted octanol–water partition coefficient (Wildman–Crippen LogP) is 7.97. The second kappa shape index (κ2) is 15.2. The lowest BCUT2D eigenvalue weighted by molar-refractivity contribution is 0.381. The third-order valence-electron chi connectivity index (χ3n) is 6.41. The Kier molecular flexibility index (Phi) is 12.0. The molecule has 6 heteroatoms. The van der Waals surface area contributed by atoms with Crippen molar-refractivity contribution in [1.82, 2.24) is 9.29 Å². The molecule has 2 aliphatic heterocycles. The Morgan fingerprint density at radius 2 is 1.86 bits per heavy atom. The van der Waals surface area contributed by atoms with Crippen molar-refractivity contribution < 1.29 is 0 Å². The Morgan fingerprint density at radius 1 is 1.11 bits per heavy atom. The van der Waals surface area contributed by atoms with Crippen LogP contribution in [0, 0.1) is 11.3 Å². The Bertz CT molecular complexity index is 1040. The van der Waals surface area contributed by atoms with E-state index in [1.165, 1.54) is 80.4 Å². The lowest BCUT2D eigenvalue weighted by Crippen LogP contribution is -2.41. The van der Waals surface area contributed by atoms with Crippen molar-refractivity contribution in [2.75, 3.05) is 24.2 Å². The average Bonchev–Trinajstić information content (AvgIpc) is 2.86. The Hall–Kier alpha value is -2.16. The number of nitriles is 1. The number of pyridine rings is 1. The van der Waals surface area contributed by atoms with Gasteiger partial charge in [-0.1, -0.05) is 50.1 Å². The van der Waals surface area contributed by atoms with Gasteiger partial charge in [-0.3, -0.25) is 9.29 Å². The number of allylic oxidation sites excluding steroid dienone is 1. The van der Waals surface area contributed by atoms with Gasteiger partial charge in [0.05, 0.1) is 17.5 Å². The van der Waals surface area contributed by atoms with Crippen LogP contribution in [0.1, 0.15) is 70.6 Å². The Morgan fingerprint density at radius 3 is 2.42 bits per heavy atom. The highest BCUT2D eigenvalue weighted by atomic mass is 32.2. The van der Waals surface area contributed by atoms with Gasteiger partial charge in [-0.15, -0.1) is 11.8 Å². The predicted molar refractivity (Wildman–Crippen MR) is 157 cm³/mol. The molecule has 1 aromatic carbocycles. The third kappa shape index (κ3) is 8.46. The van der Waals surface area contributed by atoms with E-state index < -0.39 is 0 Å². The first kappa shape index (κ1) is 28.4. The summed E-state index contributed by atoms with van der Waals surface area (Å²) in [5.41, 5.74) is 8.55. The molecule has 4 nitrogen and oxygen atoms in total. The van der Waals surface area contributed by atoms with Crippen molar-refractivity contribution in [3.8, 4) is 6.07 Å². The fourth-order valence-electron chi connectivity index (χ4n) is 4.50. The van der Waals surface area contributed by atoms with Gasteiger partial charge >= 0.3 is 0 Å². The SMILES string of the molecule is CC#N.CC(C)Sc1ccc2c(c1)N(C1CCC1)C(Cc1ccccn1)=C=C2.CSN1CCCCC1. The van der Waals surface area contributed by atoms with Crippen LogP contribution in [-0.2, 0) is 6.42 Å². The van der Waals surface area contributed by atoms with Gasteiger partial charge in [0.1, 0.15) is 0 Å². The molecule has 5 rings (SSSR count). The highest BCUT2D eigenvalue weighted by Crippen LogP contribution is 2.40. The second-order valence-electron chi connectivity index (χ2n) is 9.47. The third-order valence-corrected chi connectivity index (χ3v) is 8.29. The minimum absolute atomic E-state index is 0.595. The Balaban J connectivity index is 0.000000275. The highest BCUT2D eigenvalue weighted by molar-refractivity contribution is 7.99. The first-order chi connectivity index (χ1) is 17.5. The monoisotopic (exact) mass is 520 g/mol. The summed E-state index contributed by atoms with van der Waals surface area (Å²) < 4.78 is 2.43. The quantitative estimate of drug-likeness (QED) is 0.219. The number of thioether (sulfide) groups is 1. The zero-order chi connectivity index (χ0) is 25.8. The average molecular weight is 521 g/mol. The molecule has 1 saturated carbocycles. The van der Waals surface area contributed by atoms with Gasteiger partial charge in [-0.2, -0.15) is 5.26 Å². The molecule has 36 heavy (non-hydrogen) atoms. The molecule has 1 aromatic heterocycles. The standard InChI is InChI=1S/C22H24N2S.C6H13NS.C2H3N/c1-16(2)25-21-12-10-17-9-11-20(14-18-6-3-4-13-23-18)24(22(17)15-21)19-7-5-8-19;1-8-7-5-3-2-4-6-7;1-2-3/h3-4,6,9-10,12-13,15-16,19H,5,7-8,14H2,1-2H3;2-6H2,1H3;1H3. The fraction of sp³-hybridized carbons (Fsp3) is 0.500. The number of piperidine rings is 1. The molecule has 0 unspecified atom stereocenters. The summed E-state index contributed by atoms with van der Waals surface area (Å²) in [7, 11) is 0. The fourth-order valence-corrected chi connectivity index (χ4v) is 5.99. The molecular formula is C30H40N4S2. The number of rotatable bonds is 6. The van der Waals surface area contributed by atoms with Gasteiger partial charge in [0.2, 0.25) is 0 Å². The first-order valence-electron chi connectivity index (χ1n) is 13.1. The van der Waals surface area contributed by atoms with Crippen LogP contribution < -0.4 is 4.90 Å². The van der Waals surface area contributed by atoms with E-state index in [0.29, 0.717) is 11.3 Å². The summed E-state index contributed by atoms with van der Waals surface area (Å²) in [4.78, 5) is 8.41. The number of nitrogens with zero attached hydrogens (tertiary/aromatic N) is 4. The van der Waals surface area contributed by atoms with E-state index in [2.05, 4.69) is 76.4 Å². The summed E-state index contributed by atoms with van der Waals surface area (Å²) >= 11 is 3.81. The van der Waals surface area contributed by atoms with Gasteiger partial charge in [0, 0.05) is 60.1 Å². The van der Waals surface area contributed by atoms with Crippen molar-refractivity contribution in [1.29, 1.82) is 5.26 Å². The van der Waals surface area contributed by atoms with Crippen LogP contribution in [0.3, 0.4) is 0 Å². The van der Waals surface area contributed by atoms with Crippen LogP contribution in [-0.4, -0.2) is 39.9 Å². The van der Waals surface area contributed by atoms with Crippen molar-refractivity contribution in [3.05, 3.63) is 65.3 Å². The summed E-state index contributed by atoms with van der Waals surface area (Å²) in [6, 6.07) is 15.4. The van der Waals surface area contributed by atoms with E-state index in [1.54, 1.807) is 6.07 Å². The number of anilines is 1. The molecule has 0 N–H and O–H groups in total. The molecule has 0 amide bonds. The number of hydrogen-bond acceptors (Lipinski definition) is 6. The van der Waals surface area contributed by atoms with Crippen molar-refractivity contribution in [2.45, 2.75) is 81.9 Å². The van der Waals surface area contributed by atoms with Gasteiger partial charge in [-0.05, 0) is 68.7 Å². The van der Waals surface area contributed by atoms with Crippen molar-refractivity contribution in [3.63, 3.8) is 0 Å². The van der Waals surface area contributed by atoms with Gasteiger partial charge in [0.15, 0.2) is 0 Å². The molecule has 3 heterocycles. The van der Waals surface area contributed by atoms with E-state index in [4.69, 9.17) is 5.26 Å². The maximum absolute atomic E-state index is 7.32. The van der Waals surface area contributed by atoms with Crippen molar-refractivity contribution in [2.24, 2.45) is 0 Å². The molecule has 192 valence electrons. The molecule has 2 aromatic rings. The topological polar surface area (TPSA) is 43.2 Å². The maximum Gasteiger partial charge on any atom is 0.0671 e. The molecular weight excluding hydrogens is 480 g/mol. The molecule has 3 aliphatic rings. The molecule has 0 radical (unpaired) electrons. The number of fused-ring (bicyclic) bond motifs is 1. The van der Waals surface area contributed by atoms with Crippen molar-refractivity contribution >= 4 is 35.5 Å². The van der Waals surface area contributed by atoms with E-state index in [9.17, 15) is 0 Å². The van der Waals surface area contributed by atoms with Crippen LogP contribution in [0.5, 0.6) is 0 Å². The minimum atomic E-state index is 0.595. The second-order valence-corrected chi connectivity index (χ2v) is 12.0. The minimum Gasteiger partial charge on any atom is -0.334 e. The van der Waals surface area contributed by atoms with Crippen LogP contribution >= 0.6 is 23.7 Å². The van der Waals surface area contributed by atoms with Gasteiger partial charge < -0.3 is 4.90 Å².